The molecule has 6 rings (SSSR count). The highest BCUT2D eigenvalue weighted by molar-refractivity contribution is 5.87. The van der Waals surface area contributed by atoms with E-state index >= 15 is 0 Å². The fraction of sp³-hybridized carbons (Fsp3) is 0.444. The van der Waals surface area contributed by atoms with Crippen molar-refractivity contribution in [3.8, 4) is 11.3 Å². The van der Waals surface area contributed by atoms with Gasteiger partial charge in [0, 0.05) is 10.9 Å². The number of para-hydroxylation sites is 1. The first-order chi connectivity index (χ1) is 15.9. The van der Waals surface area contributed by atoms with Crippen molar-refractivity contribution < 1.29 is 0 Å². The minimum absolute atomic E-state index is 0.215. The molecule has 5 heteroatoms. The maximum atomic E-state index is 4.77. The fourth-order valence-electron chi connectivity index (χ4n) is 6.19. The molecule has 2 aromatic heterocycles. The number of benzene rings is 2. The van der Waals surface area contributed by atoms with Crippen LogP contribution in [0, 0.1) is 0 Å². The summed E-state index contributed by atoms with van der Waals surface area (Å²) in [4.78, 5) is 0. The van der Waals surface area contributed by atoms with E-state index in [2.05, 4.69) is 80.3 Å². The normalized spacial score (nSPS) is 19.4. The molecule has 0 bridgehead atoms. The van der Waals surface area contributed by atoms with Crippen LogP contribution in [0.4, 0.5) is 0 Å². The van der Waals surface area contributed by atoms with E-state index < -0.39 is 0 Å². The molecule has 2 heterocycles. The van der Waals surface area contributed by atoms with Gasteiger partial charge in [-0.15, -0.1) is 5.10 Å². The molecule has 0 spiro atoms. The van der Waals surface area contributed by atoms with Crippen LogP contribution in [-0.4, -0.2) is 24.8 Å². The lowest BCUT2D eigenvalue weighted by Crippen LogP contribution is -2.41. The number of hydrogen-bond donors (Lipinski definition) is 0. The maximum Gasteiger partial charge on any atom is 0.177 e. The lowest BCUT2D eigenvalue weighted by atomic mass is 9.79. The van der Waals surface area contributed by atoms with Gasteiger partial charge in [-0.05, 0) is 53.8 Å². The van der Waals surface area contributed by atoms with Crippen LogP contribution in [-0.2, 0) is 5.54 Å². The predicted molar refractivity (Wildman–Crippen MR) is 127 cm³/mol. The van der Waals surface area contributed by atoms with Gasteiger partial charge in [-0.25, -0.2) is 4.68 Å². The Bertz CT molecular complexity index is 1190. The molecule has 32 heavy (non-hydrogen) atoms. The average Bonchev–Trinajstić information content (AvgIpc) is 3.52. The Morgan fingerprint density at radius 2 is 1.50 bits per heavy atom. The molecule has 0 saturated heterocycles. The van der Waals surface area contributed by atoms with Crippen LogP contribution < -0.4 is 0 Å². The van der Waals surface area contributed by atoms with Crippen LogP contribution in [0.1, 0.15) is 76.1 Å². The highest BCUT2D eigenvalue weighted by Crippen LogP contribution is 2.46. The Kier molecular flexibility index (Phi) is 5.05. The zero-order valence-corrected chi connectivity index (χ0v) is 18.7. The molecule has 2 fully saturated rings. The minimum atomic E-state index is -0.215. The summed E-state index contributed by atoms with van der Waals surface area (Å²) in [5, 5.41) is 14.9. The molecule has 0 radical (unpaired) electrons. The van der Waals surface area contributed by atoms with Crippen LogP contribution in [0.25, 0.3) is 22.2 Å². The molecule has 4 aromatic rings. The van der Waals surface area contributed by atoms with Gasteiger partial charge in [0.15, 0.2) is 5.82 Å². The first-order valence-corrected chi connectivity index (χ1v) is 12.3. The van der Waals surface area contributed by atoms with Crippen LogP contribution in [0.2, 0.25) is 0 Å². The van der Waals surface area contributed by atoms with E-state index in [1.807, 2.05) is 0 Å². The van der Waals surface area contributed by atoms with E-state index in [4.69, 9.17) is 5.10 Å². The molecule has 2 aliphatic rings. The smallest absolute Gasteiger partial charge is 0.177 e. The average molecular weight is 426 g/mol. The second-order valence-electron chi connectivity index (χ2n) is 9.62. The summed E-state index contributed by atoms with van der Waals surface area (Å²) in [6.45, 7) is 0. The second kappa shape index (κ2) is 8.19. The van der Waals surface area contributed by atoms with Crippen LogP contribution in [0.5, 0.6) is 0 Å². The van der Waals surface area contributed by atoms with E-state index in [0.717, 1.165) is 18.7 Å². The van der Waals surface area contributed by atoms with Gasteiger partial charge in [0.25, 0.3) is 0 Å². The standard InChI is InChI=1S/C27H31N5/c1-4-12-21(13-5-1)25-20-22-14-8-9-17-24(22)31(25)27(18-10-3-11-19-27)26-28-29-30-32(26)23-15-6-2-7-16-23/h1,4-5,8-9,12-14,17,20,23H,2-3,6-7,10-11,15-16,18-19H2. The molecular weight excluding hydrogens is 394 g/mol. The van der Waals surface area contributed by atoms with Crippen molar-refractivity contribution in [3.63, 3.8) is 0 Å². The number of nitrogens with zero attached hydrogens (tertiary/aromatic N) is 5. The highest BCUT2D eigenvalue weighted by Gasteiger charge is 2.43. The minimum Gasteiger partial charge on any atom is -0.327 e. The van der Waals surface area contributed by atoms with Gasteiger partial charge in [-0.2, -0.15) is 0 Å². The molecule has 0 atom stereocenters. The number of tetrazole rings is 1. The van der Waals surface area contributed by atoms with E-state index in [1.165, 1.54) is 73.5 Å². The summed E-state index contributed by atoms with van der Waals surface area (Å²) in [6, 6.07) is 22.4. The molecular formula is C27H31N5. The quantitative estimate of drug-likeness (QED) is 0.374. The first-order valence-electron chi connectivity index (χ1n) is 12.3. The summed E-state index contributed by atoms with van der Waals surface area (Å²) < 4.78 is 4.82. The Morgan fingerprint density at radius 3 is 2.31 bits per heavy atom. The van der Waals surface area contributed by atoms with Gasteiger partial charge >= 0.3 is 0 Å². The number of hydrogen-bond acceptors (Lipinski definition) is 3. The molecule has 2 aliphatic carbocycles. The Balaban J connectivity index is 1.61. The molecule has 2 aromatic carbocycles. The van der Waals surface area contributed by atoms with E-state index in [0.29, 0.717) is 6.04 Å². The Morgan fingerprint density at radius 1 is 0.781 bits per heavy atom. The van der Waals surface area contributed by atoms with Crippen molar-refractivity contribution in [2.24, 2.45) is 0 Å². The van der Waals surface area contributed by atoms with Crippen molar-refractivity contribution in [2.45, 2.75) is 75.8 Å². The van der Waals surface area contributed by atoms with Gasteiger partial charge < -0.3 is 4.57 Å². The molecule has 0 amide bonds. The molecule has 5 nitrogen and oxygen atoms in total. The zero-order chi connectivity index (χ0) is 21.4. The molecule has 2 saturated carbocycles. The molecule has 0 unspecified atom stereocenters. The highest BCUT2D eigenvalue weighted by atomic mass is 15.6. The van der Waals surface area contributed by atoms with Crippen molar-refractivity contribution in [2.75, 3.05) is 0 Å². The first kappa shape index (κ1) is 19.7. The van der Waals surface area contributed by atoms with Gasteiger partial charge in [0.2, 0.25) is 0 Å². The van der Waals surface area contributed by atoms with Crippen molar-refractivity contribution in [1.82, 2.24) is 24.8 Å². The van der Waals surface area contributed by atoms with E-state index in [9.17, 15) is 0 Å². The third-order valence-electron chi connectivity index (χ3n) is 7.72. The Labute approximate surface area is 189 Å². The van der Waals surface area contributed by atoms with Gasteiger partial charge in [-0.1, -0.05) is 87.1 Å². The summed E-state index contributed by atoms with van der Waals surface area (Å²) in [6.07, 6.45) is 12.1. The summed E-state index contributed by atoms with van der Waals surface area (Å²) >= 11 is 0. The molecule has 0 aliphatic heterocycles. The summed E-state index contributed by atoms with van der Waals surface area (Å²) in [5.41, 5.74) is 3.59. The monoisotopic (exact) mass is 425 g/mol. The van der Waals surface area contributed by atoms with Crippen molar-refractivity contribution in [1.29, 1.82) is 0 Å². The van der Waals surface area contributed by atoms with Gasteiger partial charge in [0.05, 0.1) is 11.7 Å². The number of rotatable bonds is 4. The van der Waals surface area contributed by atoms with Crippen molar-refractivity contribution >= 4 is 10.9 Å². The van der Waals surface area contributed by atoms with Gasteiger partial charge in [-0.3, -0.25) is 0 Å². The largest absolute Gasteiger partial charge is 0.327 e. The van der Waals surface area contributed by atoms with E-state index in [1.54, 1.807) is 0 Å². The lowest BCUT2D eigenvalue weighted by Gasteiger charge is -2.40. The summed E-state index contributed by atoms with van der Waals surface area (Å²) in [7, 11) is 0. The van der Waals surface area contributed by atoms with Gasteiger partial charge in [0.1, 0.15) is 5.54 Å². The third-order valence-corrected chi connectivity index (χ3v) is 7.72. The topological polar surface area (TPSA) is 48.5 Å². The SMILES string of the molecule is c1ccc(-c2cc3ccccc3n2C2(c3nnnn3C3CCCCC3)CCCCC2)cc1. The predicted octanol–water partition coefficient (Wildman–Crippen LogP) is 6.51. The lowest BCUT2D eigenvalue weighted by molar-refractivity contribution is 0.213. The molecule has 164 valence electrons. The maximum absolute atomic E-state index is 4.77. The third kappa shape index (κ3) is 3.17. The van der Waals surface area contributed by atoms with Crippen molar-refractivity contribution in [3.05, 3.63) is 66.5 Å². The van der Waals surface area contributed by atoms with Crippen LogP contribution in [0.3, 0.4) is 0 Å². The fourth-order valence-corrected chi connectivity index (χ4v) is 6.19. The van der Waals surface area contributed by atoms with Crippen LogP contribution in [0.15, 0.2) is 60.7 Å². The molecule has 0 N–H and O–H groups in total. The second-order valence-corrected chi connectivity index (χ2v) is 9.62. The van der Waals surface area contributed by atoms with Crippen LogP contribution >= 0.6 is 0 Å². The summed E-state index contributed by atoms with van der Waals surface area (Å²) in [5.74, 6) is 1.07. The van der Waals surface area contributed by atoms with E-state index in [-0.39, 0.29) is 5.54 Å². The number of aromatic nitrogens is 5. The Hall–Kier alpha value is -2.95. The number of fused-ring (bicyclic) bond motifs is 1. The zero-order valence-electron chi connectivity index (χ0n) is 18.7.